The second kappa shape index (κ2) is 7.08. The van der Waals surface area contributed by atoms with Gasteiger partial charge in [-0.05, 0) is 80.2 Å². The molecule has 1 amide bonds. The number of carbonyl (C=O) groups is 1. The molecule has 150 valence electrons. The SMILES string of the molecule is O=C(NCCC12CC3CC(CC(C3)C1)C2)C(O)C(O)c1nc2ccccc2s1. The molecule has 4 aliphatic carbocycles. The number of thiazole rings is 1. The van der Waals surface area contributed by atoms with E-state index in [1.54, 1.807) is 0 Å². The van der Waals surface area contributed by atoms with E-state index in [4.69, 9.17) is 0 Å². The van der Waals surface area contributed by atoms with Crippen LogP contribution in [-0.2, 0) is 4.79 Å². The minimum atomic E-state index is -1.49. The van der Waals surface area contributed by atoms with Crippen molar-refractivity contribution in [1.29, 1.82) is 0 Å². The molecule has 6 rings (SSSR count). The molecule has 2 unspecified atom stereocenters. The molecule has 1 aromatic heterocycles. The summed E-state index contributed by atoms with van der Waals surface area (Å²) in [7, 11) is 0. The average Bonchev–Trinajstić information content (AvgIpc) is 3.09. The van der Waals surface area contributed by atoms with Gasteiger partial charge >= 0.3 is 0 Å². The van der Waals surface area contributed by atoms with Gasteiger partial charge in [-0.1, -0.05) is 12.1 Å². The average molecular weight is 401 g/mol. The van der Waals surface area contributed by atoms with E-state index >= 15 is 0 Å². The van der Waals surface area contributed by atoms with Crippen molar-refractivity contribution in [2.75, 3.05) is 6.54 Å². The first kappa shape index (κ1) is 18.5. The summed E-state index contributed by atoms with van der Waals surface area (Å²) in [6.45, 7) is 0.578. The highest BCUT2D eigenvalue weighted by molar-refractivity contribution is 7.18. The highest BCUT2D eigenvalue weighted by Gasteiger charge is 2.50. The Kier molecular flexibility index (Phi) is 4.68. The standard InChI is InChI=1S/C22H28N2O3S/c25-18(19(26)21-24-16-3-1-2-4-17(16)28-21)20(27)23-6-5-22-10-13-7-14(11-22)9-15(8-13)12-22/h1-4,13-15,18-19,25-26H,5-12H2,(H,23,27). The fraction of sp³-hybridized carbons (Fsp3) is 0.636. The first-order chi connectivity index (χ1) is 13.5. The summed E-state index contributed by atoms with van der Waals surface area (Å²) in [4.78, 5) is 16.8. The van der Waals surface area contributed by atoms with Crippen LogP contribution >= 0.6 is 11.3 Å². The fourth-order valence-corrected chi connectivity index (χ4v) is 7.43. The number of benzene rings is 1. The van der Waals surface area contributed by atoms with Crippen LogP contribution in [0.1, 0.15) is 56.1 Å². The molecule has 28 heavy (non-hydrogen) atoms. The zero-order chi connectivity index (χ0) is 19.3. The topological polar surface area (TPSA) is 82.5 Å². The Morgan fingerprint density at radius 2 is 1.79 bits per heavy atom. The third-order valence-electron chi connectivity index (χ3n) is 7.25. The number of nitrogens with zero attached hydrogens (tertiary/aromatic N) is 1. The first-order valence-electron chi connectivity index (χ1n) is 10.5. The smallest absolute Gasteiger partial charge is 0.252 e. The van der Waals surface area contributed by atoms with E-state index < -0.39 is 18.1 Å². The van der Waals surface area contributed by atoms with Crippen LogP contribution in [-0.4, -0.2) is 33.8 Å². The molecule has 4 aliphatic rings. The van der Waals surface area contributed by atoms with Gasteiger partial charge in [0, 0.05) is 6.54 Å². The van der Waals surface area contributed by atoms with Gasteiger partial charge < -0.3 is 15.5 Å². The van der Waals surface area contributed by atoms with Crippen LogP contribution in [0, 0.1) is 23.2 Å². The highest BCUT2D eigenvalue weighted by atomic mass is 32.1. The maximum atomic E-state index is 12.4. The second-order valence-corrected chi connectivity index (χ2v) is 10.4. The number of amides is 1. The molecular formula is C22H28N2O3S. The van der Waals surface area contributed by atoms with E-state index in [1.165, 1.54) is 49.9 Å². The first-order valence-corrected chi connectivity index (χ1v) is 11.3. The molecule has 4 bridgehead atoms. The molecule has 0 spiro atoms. The molecule has 2 aromatic rings. The number of aliphatic hydroxyl groups excluding tert-OH is 2. The van der Waals surface area contributed by atoms with Crippen molar-refractivity contribution in [3.63, 3.8) is 0 Å². The molecule has 4 fully saturated rings. The fourth-order valence-electron chi connectivity index (χ4n) is 6.45. The quantitative estimate of drug-likeness (QED) is 0.694. The molecular weight excluding hydrogens is 372 g/mol. The Morgan fingerprint density at radius 3 is 2.43 bits per heavy atom. The van der Waals surface area contributed by atoms with E-state index in [2.05, 4.69) is 10.3 Å². The number of para-hydroxylation sites is 1. The number of hydrogen-bond acceptors (Lipinski definition) is 5. The highest BCUT2D eigenvalue weighted by Crippen LogP contribution is 2.61. The molecule has 6 heteroatoms. The summed E-state index contributed by atoms with van der Waals surface area (Å²) in [5.74, 6) is 2.19. The molecule has 3 N–H and O–H groups in total. The van der Waals surface area contributed by atoms with Crippen LogP contribution in [0.2, 0.25) is 0 Å². The van der Waals surface area contributed by atoms with E-state index in [0.29, 0.717) is 17.0 Å². The normalized spacial score (nSPS) is 33.1. The summed E-state index contributed by atoms with van der Waals surface area (Å²) >= 11 is 1.31. The molecule has 2 atom stereocenters. The van der Waals surface area contributed by atoms with E-state index in [0.717, 1.165) is 34.4 Å². The minimum absolute atomic E-state index is 0.380. The number of rotatable bonds is 6. The van der Waals surface area contributed by atoms with Crippen molar-refractivity contribution >= 4 is 27.5 Å². The van der Waals surface area contributed by atoms with Gasteiger partial charge in [0.1, 0.15) is 11.1 Å². The molecule has 0 saturated heterocycles. The summed E-state index contributed by atoms with van der Waals surface area (Å²) < 4.78 is 0.936. The van der Waals surface area contributed by atoms with Crippen LogP contribution in [0.5, 0.6) is 0 Å². The third-order valence-corrected chi connectivity index (χ3v) is 8.36. The summed E-state index contributed by atoms with van der Waals surface area (Å²) in [5.41, 5.74) is 1.18. The zero-order valence-electron chi connectivity index (χ0n) is 16.0. The molecule has 1 aromatic carbocycles. The molecule has 4 saturated carbocycles. The number of hydrogen-bond donors (Lipinski definition) is 3. The Balaban J connectivity index is 1.17. The van der Waals surface area contributed by atoms with Crippen molar-refractivity contribution in [2.45, 2.75) is 57.2 Å². The van der Waals surface area contributed by atoms with Crippen molar-refractivity contribution in [3.8, 4) is 0 Å². The maximum Gasteiger partial charge on any atom is 0.252 e. The van der Waals surface area contributed by atoms with E-state index in [9.17, 15) is 15.0 Å². The number of fused-ring (bicyclic) bond motifs is 1. The van der Waals surface area contributed by atoms with Gasteiger partial charge in [-0.25, -0.2) is 4.98 Å². The Morgan fingerprint density at radius 1 is 1.14 bits per heavy atom. The number of aromatic nitrogens is 1. The summed E-state index contributed by atoms with van der Waals surface area (Å²) in [5, 5.41) is 24.0. The van der Waals surface area contributed by atoms with Gasteiger partial charge in [-0.3, -0.25) is 4.79 Å². The second-order valence-electron chi connectivity index (χ2n) is 9.37. The van der Waals surface area contributed by atoms with Crippen molar-refractivity contribution in [3.05, 3.63) is 29.3 Å². The van der Waals surface area contributed by atoms with Gasteiger partial charge in [0.25, 0.3) is 5.91 Å². The van der Waals surface area contributed by atoms with Crippen LogP contribution < -0.4 is 5.32 Å². The van der Waals surface area contributed by atoms with Gasteiger partial charge in [0.05, 0.1) is 10.2 Å². The van der Waals surface area contributed by atoms with E-state index in [1.807, 2.05) is 24.3 Å². The predicted octanol–water partition coefficient (Wildman–Crippen LogP) is 3.41. The number of nitrogens with one attached hydrogen (secondary N) is 1. The summed E-state index contributed by atoms with van der Waals surface area (Å²) in [6, 6.07) is 7.57. The van der Waals surface area contributed by atoms with Crippen LogP contribution in [0.3, 0.4) is 0 Å². The van der Waals surface area contributed by atoms with Crippen LogP contribution in [0.25, 0.3) is 10.2 Å². The monoisotopic (exact) mass is 400 g/mol. The largest absolute Gasteiger partial charge is 0.383 e. The number of aliphatic hydroxyl groups is 2. The molecule has 0 aliphatic heterocycles. The van der Waals surface area contributed by atoms with Crippen molar-refractivity contribution < 1.29 is 15.0 Å². The Bertz CT molecular complexity index is 811. The Labute approximate surface area is 169 Å². The Hall–Kier alpha value is -1.50. The van der Waals surface area contributed by atoms with Crippen molar-refractivity contribution in [2.24, 2.45) is 23.2 Å². The lowest BCUT2D eigenvalue weighted by atomic mass is 9.49. The van der Waals surface area contributed by atoms with E-state index in [-0.39, 0.29) is 0 Å². The van der Waals surface area contributed by atoms with Crippen LogP contribution in [0.4, 0.5) is 0 Å². The maximum absolute atomic E-state index is 12.4. The van der Waals surface area contributed by atoms with Crippen LogP contribution in [0.15, 0.2) is 24.3 Å². The molecule has 0 radical (unpaired) electrons. The van der Waals surface area contributed by atoms with Gasteiger partial charge in [0.2, 0.25) is 0 Å². The molecule has 1 heterocycles. The molecule has 5 nitrogen and oxygen atoms in total. The number of carbonyl (C=O) groups excluding carboxylic acids is 1. The lowest BCUT2D eigenvalue weighted by Gasteiger charge is -2.57. The van der Waals surface area contributed by atoms with Gasteiger partial charge in [-0.2, -0.15) is 0 Å². The third kappa shape index (κ3) is 3.36. The van der Waals surface area contributed by atoms with Gasteiger partial charge in [-0.15, -0.1) is 11.3 Å². The minimum Gasteiger partial charge on any atom is -0.383 e. The lowest BCUT2D eigenvalue weighted by Crippen LogP contribution is -2.48. The summed E-state index contributed by atoms with van der Waals surface area (Å²) in [6.07, 6.45) is 6.39. The van der Waals surface area contributed by atoms with Crippen molar-refractivity contribution in [1.82, 2.24) is 10.3 Å². The lowest BCUT2D eigenvalue weighted by molar-refractivity contribution is -0.135. The van der Waals surface area contributed by atoms with Gasteiger partial charge in [0.15, 0.2) is 6.10 Å². The predicted molar refractivity (Wildman–Crippen MR) is 109 cm³/mol. The zero-order valence-corrected chi connectivity index (χ0v) is 16.8.